The van der Waals surface area contributed by atoms with E-state index < -0.39 is 12.1 Å². The fourth-order valence-corrected chi connectivity index (χ4v) is 0.925. The number of hydrogen-bond donors (Lipinski definition) is 2. The molecule has 78 valence electrons. The number of hydrogen-bond acceptors (Lipinski definition) is 3. The molecule has 0 saturated heterocycles. The number of likely N-dealkylation sites (N-methyl/N-ethyl adjacent to an activating group) is 1. The number of aliphatic hydroxyl groups excluding tert-OH is 1. The third-order valence-corrected chi connectivity index (χ3v) is 2.07. The van der Waals surface area contributed by atoms with E-state index in [-0.39, 0.29) is 6.42 Å². The highest BCUT2D eigenvalue weighted by atomic mass is 16.4. The van der Waals surface area contributed by atoms with Crippen molar-refractivity contribution >= 4 is 5.97 Å². The molecule has 0 rings (SSSR count). The molecule has 0 aliphatic heterocycles. The van der Waals surface area contributed by atoms with Crippen LogP contribution in [-0.4, -0.2) is 46.8 Å². The molecule has 0 spiro atoms. The van der Waals surface area contributed by atoms with E-state index in [2.05, 4.69) is 0 Å². The number of nitrogens with zero attached hydrogens (tertiary/aromatic N) is 1. The van der Waals surface area contributed by atoms with E-state index in [4.69, 9.17) is 5.11 Å². The van der Waals surface area contributed by atoms with Gasteiger partial charge in [0.2, 0.25) is 0 Å². The Morgan fingerprint density at radius 1 is 1.46 bits per heavy atom. The van der Waals surface area contributed by atoms with Gasteiger partial charge in [0.15, 0.2) is 0 Å². The lowest BCUT2D eigenvalue weighted by atomic mass is 10.2. The largest absolute Gasteiger partial charge is 0.481 e. The van der Waals surface area contributed by atoms with Crippen LogP contribution in [0.5, 0.6) is 0 Å². The van der Waals surface area contributed by atoms with Gasteiger partial charge in [-0.1, -0.05) is 0 Å². The van der Waals surface area contributed by atoms with Gasteiger partial charge >= 0.3 is 5.97 Å². The van der Waals surface area contributed by atoms with Crippen LogP contribution in [0.2, 0.25) is 0 Å². The molecular formula is C9H19NO3. The molecule has 0 aliphatic rings. The smallest absolute Gasteiger partial charge is 0.303 e. The molecule has 4 heteroatoms. The van der Waals surface area contributed by atoms with Crippen LogP contribution in [0, 0.1) is 0 Å². The van der Waals surface area contributed by atoms with Crippen molar-refractivity contribution in [2.75, 3.05) is 13.6 Å². The lowest BCUT2D eigenvalue weighted by Crippen LogP contribution is -2.34. The summed E-state index contributed by atoms with van der Waals surface area (Å²) in [7, 11) is 1.91. The van der Waals surface area contributed by atoms with E-state index in [1.165, 1.54) is 0 Å². The third kappa shape index (κ3) is 6.54. The summed E-state index contributed by atoms with van der Waals surface area (Å²) in [5.41, 5.74) is 0. The summed E-state index contributed by atoms with van der Waals surface area (Å²) in [5.74, 6) is -0.855. The van der Waals surface area contributed by atoms with Gasteiger partial charge in [-0.15, -0.1) is 0 Å². The van der Waals surface area contributed by atoms with Crippen molar-refractivity contribution in [2.45, 2.75) is 38.8 Å². The normalized spacial score (nSPS) is 13.7. The maximum Gasteiger partial charge on any atom is 0.303 e. The Bertz CT molecular complexity index is 159. The molecule has 4 nitrogen and oxygen atoms in total. The summed E-state index contributed by atoms with van der Waals surface area (Å²) in [5, 5.41) is 17.8. The third-order valence-electron chi connectivity index (χ3n) is 2.07. The Morgan fingerprint density at radius 3 is 2.38 bits per heavy atom. The Balaban J connectivity index is 3.61. The van der Waals surface area contributed by atoms with E-state index >= 15 is 0 Å². The summed E-state index contributed by atoms with van der Waals surface area (Å²) in [6.07, 6.45) is -0.178. The lowest BCUT2D eigenvalue weighted by Gasteiger charge is -2.23. The van der Waals surface area contributed by atoms with Gasteiger partial charge in [0.25, 0.3) is 0 Å². The summed E-state index contributed by atoms with van der Waals surface area (Å²) in [6.45, 7) is 4.60. The van der Waals surface area contributed by atoms with Crippen LogP contribution in [0.15, 0.2) is 0 Å². The average molecular weight is 189 g/mol. The van der Waals surface area contributed by atoms with Gasteiger partial charge in [0.05, 0.1) is 6.10 Å². The Morgan fingerprint density at radius 2 is 2.00 bits per heavy atom. The first-order valence-electron chi connectivity index (χ1n) is 4.53. The predicted octanol–water partition coefficient (Wildman–Crippen LogP) is 0.552. The molecule has 0 radical (unpaired) electrons. The second-order valence-electron chi connectivity index (χ2n) is 3.62. The number of aliphatic carboxylic acids is 1. The lowest BCUT2D eigenvalue weighted by molar-refractivity contribution is -0.137. The molecule has 1 unspecified atom stereocenters. The molecule has 13 heavy (non-hydrogen) atoms. The van der Waals surface area contributed by atoms with Crippen LogP contribution in [-0.2, 0) is 4.79 Å². The zero-order valence-electron chi connectivity index (χ0n) is 8.53. The first kappa shape index (κ1) is 12.4. The second kappa shape index (κ2) is 5.94. The molecule has 0 amide bonds. The van der Waals surface area contributed by atoms with E-state index in [1.807, 2.05) is 25.8 Å². The number of aliphatic hydroxyl groups is 1. The van der Waals surface area contributed by atoms with Gasteiger partial charge < -0.3 is 15.1 Å². The zero-order valence-corrected chi connectivity index (χ0v) is 8.53. The first-order valence-corrected chi connectivity index (χ1v) is 4.53. The van der Waals surface area contributed by atoms with Crippen molar-refractivity contribution in [3.63, 3.8) is 0 Å². The zero-order chi connectivity index (χ0) is 10.4. The monoisotopic (exact) mass is 189 g/mol. The number of carbonyl (C=O) groups is 1. The van der Waals surface area contributed by atoms with E-state index in [1.54, 1.807) is 0 Å². The minimum atomic E-state index is -0.855. The van der Waals surface area contributed by atoms with E-state index in [0.717, 1.165) is 0 Å². The van der Waals surface area contributed by atoms with Crippen molar-refractivity contribution in [3.8, 4) is 0 Å². The molecular weight excluding hydrogens is 170 g/mol. The van der Waals surface area contributed by atoms with Gasteiger partial charge in [-0.2, -0.15) is 0 Å². The van der Waals surface area contributed by atoms with Crippen LogP contribution < -0.4 is 0 Å². The van der Waals surface area contributed by atoms with Crippen LogP contribution in [0.3, 0.4) is 0 Å². The van der Waals surface area contributed by atoms with Gasteiger partial charge in [0, 0.05) is 19.0 Å². The first-order chi connectivity index (χ1) is 5.93. The maximum absolute atomic E-state index is 10.2. The molecule has 0 aromatic heterocycles. The highest BCUT2D eigenvalue weighted by Gasteiger charge is 2.11. The summed E-state index contributed by atoms with van der Waals surface area (Å²) < 4.78 is 0. The van der Waals surface area contributed by atoms with Crippen molar-refractivity contribution in [2.24, 2.45) is 0 Å². The standard InChI is InChI=1S/C9H19NO3/c1-7(2)10(3)6-8(11)4-5-9(12)13/h7-8,11H,4-6H2,1-3H3,(H,12,13). The molecule has 1 atom stereocenters. The van der Waals surface area contributed by atoms with Gasteiger partial charge in [0.1, 0.15) is 0 Å². The topological polar surface area (TPSA) is 60.8 Å². The van der Waals surface area contributed by atoms with Crippen LogP contribution in [0.1, 0.15) is 26.7 Å². The fraction of sp³-hybridized carbons (Fsp3) is 0.889. The molecule has 0 saturated carbocycles. The van der Waals surface area contributed by atoms with Crippen LogP contribution in [0.4, 0.5) is 0 Å². The van der Waals surface area contributed by atoms with Crippen LogP contribution in [0.25, 0.3) is 0 Å². The Kier molecular flexibility index (Phi) is 5.66. The minimum Gasteiger partial charge on any atom is -0.481 e. The SMILES string of the molecule is CC(C)N(C)CC(O)CCC(=O)O. The number of carboxylic acids is 1. The predicted molar refractivity (Wildman–Crippen MR) is 50.6 cm³/mol. The fourth-order valence-electron chi connectivity index (χ4n) is 0.925. The van der Waals surface area contributed by atoms with Gasteiger partial charge in [-0.05, 0) is 27.3 Å². The van der Waals surface area contributed by atoms with Crippen molar-refractivity contribution < 1.29 is 15.0 Å². The van der Waals surface area contributed by atoms with Gasteiger partial charge in [-0.3, -0.25) is 4.79 Å². The minimum absolute atomic E-state index is 0.0348. The summed E-state index contributed by atoms with van der Waals surface area (Å²) in [4.78, 5) is 12.2. The van der Waals surface area contributed by atoms with E-state index in [9.17, 15) is 9.90 Å². The quantitative estimate of drug-likeness (QED) is 0.640. The second-order valence-corrected chi connectivity index (χ2v) is 3.62. The Labute approximate surface area is 79.2 Å². The highest BCUT2D eigenvalue weighted by molar-refractivity contribution is 5.66. The Hall–Kier alpha value is -0.610. The van der Waals surface area contributed by atoms with Gasteiger partial charge in [-0.25, -0.2) is 0 Å². The molecule has 0 bridgehead atoms. The molecule has 0 heterocycles. The number of carboxylic acid groups (broad SMARTS) is 1. The average Bonchev–Trinajstić information content (AvgIpc) is 2.00. The molecule has 2 N–H and O–H groups in total. The molecule has 0 aromatic rings. The number of rotatable bonds is 6. The molecule has 0 aliphatic carbocycles. The van der Waals surface area contributed by atoms with Crippen molar-refractivity contribution in [1.29, 1.82) is 0 Å². The van der Waals surface area contributed by atoms with Crippen molar-refractivity contribution in [1.82, 2.24) is 4.90 Å². The molecule has 0 aromatic carbocycles. The highest BCUT2D eigenvalue weighted by Crippen LogP contribution is 2.01. The van der Waals surface area contributed by atoms with Crippen LogP contribution >= 0.6 is 0 Å². The maximum atomic E-state index is 10.2. The molecule has 0 fully saturated rings. The summed E-state index contributed by atoms with van der Waals surface area (Å²) >= 11 is 0. The van der Waals surface area contributed by atoms with Crippen molar-refractivity contribution in [3.05, 3.63) is 0 Å². The summed E-state index contributed by atoms with van der Waals surface area (Å²) in [6, 6.07) is 0.375. The van der Waals surface area contributed by atoms with E-state index in [0.29, 0.717) is 19.0 Å².